The largest absolute Gasteiger partial charge is 0.198 e. The van der Waals surface area contributed by atoms with Crippen LogP contribution < -0.4 is 0 Å². The van der Waals surface area contributed by atoms with E-state index in [1.807, 2.05) is 0 Å². The zero-order valence-corrected chi connectivity index (χ0v) is 15.1. The molecule has 126 valence electrons. The van der Waals surface area contributed by atoms with Gasteiger partial charge in [0, 0.05) is 0 Å². The number of benzene rings is 1. The Bertz CT molecular complexity index is 486. The highest BCUT2D eigenvalue weighted by Crippen LogP contribution is 2.45. The second kappa shape index (κ2) is 9.11. The predicted octanol–water partition coefficient (Wildman–Crippen LogP) is 6.78. The second-order valence-electron chi connectivity index (χ2n) is 7.47. The van der Waals surface area contributed by atoms with Gasteiger partial charge in [-0.25, -0.2) is 0 Å². The molecular formula is C22H33N. The molecule has 1 aliphatic rings. The van der Waals surface area contributed by atoms with E-state index in [0.717, 1.165) is 19.3 Å². The van der Waals surface area contributed by atoms with Gasteiger partial charge in [-0.2, -0.15) is 5.26 Å². The summed E-state index contributed by atoms with van der Waals surface area (Å²) in [5.74, 6) is 0.669. The zero-order chi connectivity index (χ0) is 16.5. The van der Waals surface area contributed by atoms with Gasteiger partial charge in [-0.05, 0) is 62.0 Å². The Morgan fingerprint density at radius 1 is 1.00 bits per heavy atom. The van der Waals surface area contributed by atoms with Gasteiger partial charge in [-0.3, -0.25) is 0 Å². The molecule has 0 N–H and O–H groups in total. The molecule has 1 aliphatic carbocycles. The van der Waals surface area contributed by atoms with E-state index in [0.29, 0.717) is 5.92 Å². The maximum atomic E-state index is 9.67. The van der Waals surface area contributed by atoms with Crippen LogP contribution in [-0.2, 0) is 6.42 Å². The summed E-state index contributed by atoms with van der Waals surface area (Å²) < 4.78 is 0. The van der Waals surface area contributed by atoms with E-state index in [9.17, 15) is 5.26 Å². The summed E-state index contributed by atoms with van der Waals surface area (Å²) >= 11 is 0. The summed E-state index contributed by atoms with van der Waals surface area (Å²) in [7, 11) is 0. The van der Waals surface area contributed by atoms with Crippen LogP contribution in [0.2, 0.25) is 0 Å². The molecular weight excluding hydrogens is 278 g/mol. The lowest BCUT2D eigenvalue weighted by atomic mass is 9.67. The Morgan fingerprint density at radius 3 is 2.22 bits per heavy atom. The SMILES string of the molecule is CCCCCC1(C#N)CCC(c2ccc(CCCC)cc2)CC1. The average Bonchev–Trinajstić information content (AvgIpc) is 2.61. The van der Waals surface area contributed by atoms with Crippen molar-refractivity contribution in [3.05, 3.63) is 35.4 Å². The fourth-order valence-corrected chi connectivity index (χ4v) is 3.97. The van der Waals surface area contributed by atoms with E-state index in [4.69, 9.17) is 0 Å². The summed E-state index contributed by atoms with van der Waals surface area (Å²) in [5.41, 5.74) is 2.94. The molecule has 1 aromatic rings. The average molecular weight is 312 g/mol. The van der Waals surface area contributed by atoms with Gasteiger partial charge in [-0.1, -0.05) is 63.8 Å². The smallest absolute Gasteiger partial charge is 0.0689 e. The highest BCUT2D eigenvalue weighted by atomic mass is 14.4. The Hall–Kier alpha value is -1.29. The minimum absolute atomic E-state index is 0.0211. The Labute approximate surface area is 143 Å². The van der Waals surface area contributed by atoms with E-state index in [1.165, 1.54) is 62.5 Å². The number of nitriles is 1. The van der Waals surface area contributed by atoms with Crippen molar-refractivity contribution in [1.29, 1.82) is 5.26 Å². The number of unbranched alkanes of at least 4 members (excludes halogenated alkanes) is 3. The van der Waals surface area contributed by atoms with Crippen molar-refractivity contribution in [1.82, 2.24) is 0 Å². The number of rotatable bonds is 8. The van der Waals surface area contributed by atoms with Crippen molar-refractivity contribution in [2.45, 2.75) is 90.4 Å². The van der Waals surface area contributed by atoms with Gasteiger partial charge in [-0.15, -0.1) is 0 Å². The van der Waals surface area contributed by atoms with Gasteiger partial charge in [0.2, 0.25) is 0 Å². The van der Waals surface area contributed by atoms with E-state index in [-0.39, 0.29) is 5.41 Å². The van der Waals surface area contributed by atoms with Crippen molar-refractivity contribution in [3.8, 4) is 6.07 Å². The summed E-state index contributed by atoms with van der Waals surface area (Å²) in [6.45, 7) is 4.48. The van der Waals surface area contributed by atoms with Crippen LogP contribution in [0.5, 0.6) is 0 Å². The molecule has 2 rings (SSSR count). The molecule has 0 saturated heterocycles. The van der Waals surface area contributed by atoms with Gasteiger partial charge in [0.25, 0.3) is 0 Å². The molecule has 0 bridgehead atoms. The van der Waals surface area contributed by atoms with Crippen molar-refractivity contribution < 1.29 is 0 Å². The lowest BCUT2D eigenvalue weighted by Crippen LogP contribution is -2.25. The quantitative estimate of drug-likeness (QED) is 0.485. The third-order valence-corrected chi connectivity index (χ3v) is 5.71. The highest BCUT2D eigenvalue weighted by molar-refractivity contribution is 5.26. The van der Waals surface area contributed by atoms with Crippen LogP contribution in [0.3, 0.4) is 0 Å². The lowest BCUT2D eigenvalue weighted by Gasteiger charge is -2.35. The predicted molar refractivity (Wildman–Crippen MR) is 98.5 cm³/mol. The van der Waals surface area contributed by atoms with Gasteiger partial charge >= 0.3 is 0 Å². The summed E-state index contributed by atoms with van der Waals surface area (Å²) in [5, 5.41) is 9.67. The third-order valence-electron chi connectivity index (χ3n) is 5.71. The first kappa shape index (κ1) is 18.1. The molecule has 0 heterocycles. The molecule has 0 radical (unpaired) electrons. The van der Waals surface area contributed by atoms with Crippen LogP contribution in [0.4, 0.5) is 0 Å². The van der Waals surface area contributed by atoms with Crippen molar-refractivity contribution in [3.63, 3.8) is 0 Å². The molecule has 0 aliphatic heterocycles. The van der Waals surface area contributed by atoms with Crippen LogP contribution in [-0.4, -0.2) is 0 Å². The van der Waals surface area contributed by atoms with E-state index < -0.39 is 0 Å². The maximum Gasteiger partial charge on any atom is 0.0689 e. The fourth-order valence-electron chi connectivity index (χ4n) is 3.97. The standard InChI is InChI=1S/C22H33N/c1-3-5-7-15-22(18-23)16-13-21(14-17-22)20-11-9-19(10-12-20)8-6-4-2/h9-12,21H,3-8,13-17H2,1-2H3. The summed E-state index contributed by atoms with van der Waals surface area (Å²) in [6, 6.07) is 12.0. The summed E-state index contributed by atoms with van der Waals surface area (Å²) in [6.07, 6.45) is 13.2. The Morgan fingerprint density at radius 2 is 1.65 bits per heavy atom. The second-order valence-corrected chi connectivity index (χ2v) is 7.47. The van der Waals surface area contributed by atoms with Gasteiger partial charge in [0.1, 0.15) is 0 Å². The van der Waals surface area contributed by atoms with Gasteiger partial charge < -0.3 is 0 Å². The van der Waals surface area contributed by atoms with Crippen LogP contribution in [0, 0.1) is 16.7 Å². The molecule has 1 nitrogen and oxygen atoms in total. The molecule has 0 spiro atoms. The Balaban J connectivity index is 1.89. The van der Waals surface area contributed by atoms with Crippen LogP contribution in [0.25, 0.3) is 0 Å². The van der Waals surface area contributed by atoms with E-state index in [2.05, 4.69) is 44.2 Å². The fraction of sp³-hybridized carbons (Fsp3) is 0.682. The topological polar surface area (TPSA) is 23.8 Å². The minimum Gasteiger partial charge on any atom is -0.198 e. The monoisotopic (exact) mass is 311 g/mol. The molecule has 0 atom stereocenters. The first-order chi connectivity index (χ1) is 11.2. The number of hydrogen-bond donors (Lipinski definition) is 0. The van der Waals surface area contributed by atoms with Crippen LogP contribution in [0.1, 0.15) is 95.1 Å². The Kier molecular flexibility index (Phi) is 7.15. The molecule has 1 saturated carbocycles. The number of nitrogens with zero attached hydrogens (tertiary/aromatic N) is 1. The van der Waals surface area contributed by atoms with Crippen LogP contribution in [0.15, 0.2) is 24.3 Å². The zero-order valence-electron chi connectivity index (χ0n) is 15.1. The minimum atomic E-state index is -0.0211. The molecule has 0 amide bonds. The van der Waals surface area contributed by atoms with Crippen molar-refractivity contribution in [2.24, 2.45) is 5.41 Å². The normalized spacial score (nSPS) is 24.3. The number of hydrogen-bond acceptors (Lipinski definition) is 1. The third kappa shape index (κ3) is 5.10. The van der Waals surface area contributed by atoms with E-state index in [1.54, 1.807) is 0 Å². The molecule has 1 aromatic carbocycles. The van der Waals surface area contributed by atoms with Crippen LogP contribution >= 0.6 is 0 Å². The summed E-state index contributed by atoms with van der Waals surface area (Å²) in [4.78, 5) is 0. The lowest BCUT2D eigenvalue weighted by molar-refractivity contribution is 0.223. The van der Waals surface area contributed by atoms with Gasteiger partial charge in [0.15, 0.2) is 0 Å². The van der Waals surface area contributed by atoms with Crippen molar-refractivity contribution in [2.75, 3.05) is 0 Å². The highest BCUT2D eigenvalue weighted by Gasteiger charge is 2.35. The first-order valence-corrected chi connectivity index (χ1v) is 9.73. The maximum absolute atomic E-state index is 9.67. The first-order valence-electron chi connectivity index (χ1n) is 9.73. The molecule has 1 heteroatoms. The van der Waals surface area contributed by atoms with Crippen molar-refractivity contribution >= 4 is 0 Å². The number of aryl methyl sites for hydroxylation is 1. The van der Waals surface area contributed by atoms with E-state index >= 15 is 0 Å². The molecule has 0 unspecified atom stereocenters. The molecule has 23 heavy (non-hydrogen) atoms. The van der Waals surface area contributed by atoms with Gasteiger partial charge in [0.05, 0.1) is 11.5 Å². The molecule has 0 aromatic heterocycles. The molecule has 1 fully saturated rings.